The summed E-state index contributed by atoms with van der Waals surface area (Å²) >= 11 is 4.87. The first-order valence-electron chi connectivity index (χ1n) is 4.99. The molecule has 1 rings (SSSR count). The highest BCUT2D eigenvalue weighted by Gasteiger charge is 2.12. The molecule has 1 aromatic rings. The molecule has 0 saturated heterocycles. The molecule has 92 valence electrons. The van der Waals surface area contributed by atoms with E-state index in [2.05, 4.69) is 5.32 Å². The Balaban J connectivity index is 2.65. The molecule has 0 saturated carbocycles. The molecular formula is C12H11N3O2S. The molecule has 0 spiro atoms. The van der Waals surface area contributed by atoms with Gasteiger partial charge in [-0.1, -0.05) is 30.4 Å². The Hall–Kier alpha value is -2.39. The topological polar surface area (TPSA) is 88.1 Å². The van der Waals surface area contributed by atoms with Gasteiger partial charge in [0.25, 0.3) is 0 Å². The number of thiocarbonyl (C=S) groups is 1. The lowest BCUT2D eigenvalue weighted by Gasteiger charge is -2.07. The summed E-state index contributed by atoms with van der Waals surface area (Å²) in [6.07, 6.45) is -0.764. The van der Waals surface area contributed by atoms with Crippen molar-refractivity contribution in [2.75, 3.05) is 0 Å². The summed E-state index contributed by atoms with van der Waals surface area (Å²) in [5.41, 5.74) is 5.74. The van der Waals surface area contributed by atoms with Crippen LogP contribution in [0.25, 0.3) is 0 Å². The molecule has 5 nitrogen and oxygen atoms in total. The van der Waals surface area contributed by atoms with Gasteiger partial charge in [0, 0.05) is 5.70 Å². The lowest BCUT2D eigenvalue weighted by molar-refractivity contribution is 0.206. The van der Waals surface area contributed by atoms with Crippen LogP contribution in [0.2, 0.25) is 0 Å². The molecule has 6 heteroatoms. The van der Waals surface area contributed by atoms with Crippen molar-refractivity contribution >= 4 is 23.3 Å². The van der Waals surface area contributed by atoms with Crippen LogP contribution in [-0.2, 0) is 0 Å². The third kappa shape index (κ3) is 3.88. The zero-order chi connectivity index (χ0) is 13.5. The molecule has 0 radical (unpaired) electrons. The fourth-order valence-corrected chi connectivity index (χ4v) is 1.38. The largest absolute Gasteiger partial charge is 0.417 e. The highest BCUT2D eigenvalue weighted by molar-refractivity contribution is 7.80. The first kappa shape index (κ1) is 13.7. The third-order valence-corrected chi connectivity index (χ3v) is 2.21. The second kappa shape index (κ2) is 6.37. The maximum atomic E-state index is 11.5. The summed E-state index contributed by atoms with van der Waals surface area (Å²) in [7, 11) is 0. The SMILES string of the molecule is C/C(N)=C(\C#N)C(=S)NC(=O)Oc1ccccc1. The van der Waals surface area contributed by atoms with E-state index in [-0.39, 0.29) is 16.3 Å². The Morgan fingerprint density at radius 2 is 2.06 bits per heavy atom. The summed E-state index contributed by atoms with van der Waals surface area (Å²) in [5.74, 6) is 0.379. The summed E-state index contributed by atoms with van der Waals surface area (Å²) in [6.45, 7) is 1.52. The van der Waals surface area contributed by atoms with Crippen molar-refractivity contribution in [3.8, 4) is 11.8 Å². The summed E-state index contributed by atoms with van der Waals surface area (Å²) < 4.78 is 4.95. The van der Waals surface area contributed by atoms with Gasteiger partial charge in [-0.2, -0.15) is 5.26 Å². The zero-order valence-corrected chi connectivity index (χ0v) is 10.5. The molecule has 3 N–H and O–H groups in total. The van der Waals surface area contributed by atoms with Gasteiger partial charge in [-0.05, 0) is 19.1 Å². The van der Waals surface area contributed by atoms with E-state index >= 15 is 0 Å². The van der Waals surface area contributed by atoms with Gasteiger partial charge in [-0.25, -0.2) is 4.79 Å². The number of nitrogens with zero attached hydrogens (tertiary/aromatic N) is 1. The Labute approximate surface area is 110 Å². The predicted molar refractivity (Wildman–Crippen MR) is 70.7 cm³/mol. The van der Waals surface area contributed by atoms with Crippen LogP contribution < -0.4 is 15.8 Å². The standard InChI is InChI=1S/C12H11N3O2S/c1-8(14)10(7-13)11(18)15-12(16)17-9-5-3-2-4-6-9/h2-6H,14H2,1H3,(H,15,16,18)/b10-8-. The number of carbonyl (C=O) groups excluding carboxylic acids is 1. The zero-order valence-electron chi connectivity index (χ0n) is 9.64. The van der Waals surface area contributed by atoms with E-state index in [1.165, 1.54) is 6.92 Å². The van der Waals surface area contributed by atoms with Crippen LogP contribution in [0.4, 0.5) is 4.79 Å². The van der Waals surface area contributed by atoms with E-state index in [4.69, 9.17) is 28.0 Å². The average molecular weight is 261 g/mol. The van der Waals surface area contributed by atoms with E-state index in [9.17, 15) is 4.79 Å². The van der Waals surface area contributed by atoms with Gasteiger partial charge in [0.1, 0.15) is 22.4 Å². The van der Waals surface area contributed by atoms with Crippen LogP contribution in [-0.4, -0.2) is 11.1 Å². The second-order valence-corrected chi connectivity index (χ2v) is 3.73. The minimum atomic E-state index is -0.764. The highest BCUT2D eigenvalue weighted by Crippen LogP contribution is 2.08. The van der Waals surface area contributed by atoms with Crippen LogP contribution >= 0.6 is 12.2 Å². The molecule has 0 aliphatic rings. The number of ether oxygens (including phenoxy) is 1. The summed E-state index contributed by atoms with van der Waals surface area (Å²) in [5, 5.41) is 11.1. The monoisotopic (exact) mass is 261 g/mol. The maximum absolute atomic E-state index is 11.5. The molecule has 0 atom stereocenters. The van der Waals surface area contributed by atoms with E-state index in [1.807, 2.05) is 6.07 Å². The van der Waals surface area contributed by atoms with Crippen LogP contribution in [0.15, 0.2) is 41.6 Å². The quantitative estimate of drug-likeness (QED) is 0.482. The van der Waals surface area contributed by atoms with Crippen molar-refractivity contribution in [3.63, 3.8) is 0 Å². The number of hydrogen-bond donors (Lipinski definition) is 2. The van der Waals surface area contributed by atoms with Crippen molar-refractivity contribution in [1.29, 1.82) is 5.26 Å². The Morgan fingerprint density at radius 1 is 1.44 bits per heavy atom. The lowest BCUT2D eigenvalue weighted by Crippen LogP contribution is -2.33. The minimum Gasteiger partial charge on any atom is -0.410 e. The summed E-state index contributed by atoms with van der Waals surface area (Å²) in [4.78, 5) is 11.4. The molecule has 0 unspecified atom stereocenters. The van der Waals surface area contributed by atoms with Gasteiger partial charge in [0.05, 0.1) is 0 Å². The Bertz CT molecular complexity index is 528. The van der Waals surface area contributed by atoms with Crippen molar-refractivity contribution in [1.82, 2.24) is 5.32 Å². The molecular weight excluding hydrogens is 250 g/mol. The first-order chi connectivity index (χ1) is 8.54. The number of para-hydroxylation sites is 1. The molecule has 1 amide bonds. The number of nitrogens with one attached hydrogen (secondary N) is 1. The van der Waals surface area contributed by atoms with Gasteiger partial charge < -0.3 is 10.5 Å². The summed E-state index contributed by atoms with van der Waals surface area (Å²) in [6, 6.07) is 10.3. The van der Waals surface area contributed by atoms with E-state index in [0.717, 1.165) is 0 Å². The van der Waals surface area contributed by atoms with Crippen molar-refractivity contribution in [2.45, 2.75) is 6.92 Å². The Kier molecular flexibility index (Phi) is 4.84. The number of hydrogen-bond acceptors (Lipinski definition) is 5. The molecule has 1 aromatic carbocycles. The van der Waals surface area contributed by atoms with Gasteiger partial charge in [0.15, 0.2) is 0 Å². The molecule has 0 fully saturated rings. The number of amides is 1. The fourth-order valence-electron chi connectivity index (χ4n) is 1.09. The molecule has 0 aliphatic heterocycles. The normalized spacial score (nSPS) is 10.9. The van der Waals surface area contributed by atoms with E-state index in [0.29, 0.717) is 5.75 Å². The third-order valence-electron chi connectivity index (χ3n) is 1.90. The Morgan fingerprint density at radius 3 is 2.56 bits per heavy atom. The van der Waals surface area contributed by atoms with Crippen molar-refractivity contribution in [2.24, 2.45) is 5.73 Å². The maximum Gasteiger partial charge on any atom is 0.417 e. The molecule has 0 aliphatic carbocycles. The fraction of sp³-hybridized carbons (Fsp3) is 0.0833. The van der Waals surface area contributed by atoms with Crippen LogP contribution in [0.3, 0.4) is 0 Å². The van der Waals surface area contributed by atoms with E-state index in [1.54, 1.807) is 30.3 Å². The smallest absolute Gasteiger partial charge is 0.410 e. The molecule has 18 heavy (non-hydrogen) atoms. The lowest BCUT2D eigenvalue weighted by atomic mass is 10.2. The number of nitrogens with two attached hydrogens (primary N) is 1. The molecule has 0 bridgehead atoms. The highest BCUT2D eigenvalue weighted by atomic mass is 32.1. The number of rotatable bonds is 2. The number of carbonyl (C=O) groups is 1. The van der Waals surface area contributed by atoms with Gasteiger partial charge in [-0.15, -0.1) is 0 Å². The van der Waals surface area contributed by atoms with Crippen LogP contribution in [0, 0.1) is 11.3 Å². The van der Waals surface area contributed by atoms with Gasteiger partial charge in [0.2, 0.25) is 0 Å². The van der Waals surface area contributed by atoms with Gasteiger partial charge in [-0.3, -0.25) is 5.32 Å². The number of nitriles is 1. The first-order valence-corrected chi connectivity index (χ1v) is 5.40. The molecule has 0 aromatic heterocycles. The van der Waals surface area contributed by atoms with Crippen molar-refractivity contribution in [3.05, 3.63) is 41.6 Å². The second-order valence-electron chi connectivity index (χ2n) is 3.33. The molecule has 0 heterocycles. The average Bonchev–Trinajstić information content (AvgIpc) is 2.30. The van der Waals surface area contributed by atoms with Crippen LogP contribution in [0.1, 0.15) is 6.92 Å². The van der Waals surface area contributed by atoms with Gasteiger partial charge >= 0.3 is 6.09 Å². The van der Waals surface area contributed by atoms with E-state index < -0.39 is 6.09 Å². The van der Waals surface area contributed by atoms with Crippen LogP contribution in [0.5, 0.6) is 5.75 Å². The number of allylic oxidation sites excluding steroid dienone is 1. The van der Waals surface area contributed by atoms with Crippen molar-refractivity contribution < 1.29 is 9.53 Å². The predicted octanol–water partition coefficient (Wildman–Crippen LogP) is 1.86. The number of benzene rings is 1. The minimum absolute atomic E-state index is 0.0509.